The molecule has 10 heteroatoms. The first-order chi connectivity index (χ1) is 15.0. The van der Waals surface area contributed by atoms with E-state index in [2.05, 4.69) is 15.0 Å². The number of hydrogen-bond acceptors (Lipinski definition) is 7. The minimum Gasteiger partial charge on any atom is -0.497 e. The largest absolute Gasteiger partial charge is 0.497 e. The zero-order chi connectivity index (χ0) is 21.6. The van der Waals surface area contributed by atoms with Crippen LogP contribution >= 0.6 is 0 Å². The van der Waals surface area contributed by atoms with E-state index in [1.54, 1.807) is 35.9 Å². The van der Waals surface area contributed by atoms with Gasteiger partial charge in [-0.05, 0) is 43.3 Å². The molecule has 31 heavy (non-hydrogen) atoms. The molecule has 0 unspecified atom stereocenters. The van der Waals surface area contributed by atoms with Gasteiger partial charge >= 0.3 is 0 Å². The van der Waals surface area contributed by atoms with Crippen molar-refractivity contribution in [3.05, 3.63) is 54.4 Å². The van der Waals surface area contributed by atoms with E-state index in [0.29, 0.717) is 43.7 Å². The number of benzene rings is 2. The van der Waals surface area contributed by atoms with Gasteiger partial charge in [0, 0.05) is 31.6 Å². The van der Waals surface area contributed by atoms with E-state index in [-0.39, 0.29) is 4.90 Å². The fourth-order valence-electron chi connectivity index (χ4n) is 3.87. The van der Waals surface area contributed by atoms with E-state index in [4.69, 9.17) is 9.72 Å². The molecule has 160 valence electrons. The van der Waals surface area contributed by atoms with E-state index in [0.717, 1.165) is 16.6 Å². The molecule has 3 heterocycles. The van der Waals surface area contributed by atoms with Gasteiger partial charge in [-0.15, -0.1) is 5.10 Å². The van der Waals surface area contributed by atoms with Gasteiger partial charge in [0.15, 0.2) is 5.65 Å². The van der Waals surface area contributed by atoms with Crippen LogP contribution in [-0.4, -0.2) is 65.6 Å². The molecule has 0 saturated carbocycles. The van der Waals surface area contributed by atoms with Crippen molar-refractivity contribution in [3.8, 4) is 5.75 Å². The third kappa shape index (κ3) is 3.37. The molecule has 0 bridgehead atoms. The fourth-order valence-corrected chi connectivity index (χ4v) is 5.30. The number of methoxy groups -OCH3 is 1. The highest BCUT2D eigenvalue weighted by Gasteiger charge is 2.30. The summed E-state index contributed by atoms with van der Waals surface area (Å²) in [6.07, 6.45) is 0. The van der Waals surface area contributed by atoms with Gasteiger partial charge in [-0.3, -0.25) is 0 Å². The van der Waals surface area contributed by atoms with Crippen molar-refractivity contribution in [2.75, 3.05) is 38.2 Å². The minimum atomic E-state index is -3.57. The number of ether oxygens (including phenoxy) is 1. The van der Waals surface area contributed by atoms with E-state index in [1.807, 2.05) is 31.2 Å². The molecule has 0 spiro atoms. The summed E-state index contributed by atoms with van der Waals surface area (Å²) in [7, 11) is -2.02. The molecule has 1 saturated heterocycles. The normalized spacial score (nSPS) is 15.6. The predicted octanol–water partition coefficient (Wildman–Crippen LogP) is 2.11. The van der Waals surface area contributed by atoms with E-state index in [9.17, 15) is 8.42 Å². The summed E-state index contributed by atoms with van der Waals surface area (Å²) in [5, 5.41) is 5.47. The van der Waals surface area contributed by atoms with Gasteiger partial charge in [0.2, 0.25) is 16.0 Å². The summed E-state index contributed by atoms with van der Waals surface area (Å²) in [4.78, 5) is 11.7. The maximum atomic E-state index is 13.0. The number of hydrogen-bond donors (Lipinski definition) is 0. The third-order valence-electron chi connectivity index (χ3n) is 5.49. The Morgan fingerprint density at radius 3 is 2.35 bits per heavy atom. The van der Waals surface area contributed by atoms with Gasteiger partial charge in [0.1, 0.15) is 11.6 Å². The van der Waals surface area contributed by atoms with Gasteiger partial charge in [-0.25, -0.2) is 18.4 Å². The molecule has 5 rings (SSSR count). The molecule has 2 aromatic carbocycles. The molecule has 0 atom stereocenters. The van der Waals surface area contributed by atoms with Crippen LogP contribution in [0.5, 0.6) is 5.75 Å². The molecule has 0 radical (unpaired) electrons. The van der Waals surface area contributed by atoms with Gasteiger partial charge in [-0.1, -0.05) is 12.1 Å². The molecule has 1 fully saturated rings. The van der Waals surface area contributed by atoms with E-state index in [1.165, 1.54) is 4.31 Å². The highest BCUT2D eigenvalue weighted by Crippen LogP contribution is 2.25. The summed E-state index contributed by atoms with van der Waals surface area (Å²) >= 11 is 0. The standard InChI is InChI=1S/C21H22N6O3S/c1-15-22-20-18-5-3-4-6-19(18)23-21(27(20)24-15)25-11-13-26(14-12-25)31(28,29)17-9-7-16(30-2)8-10-17/h3-10H,11-14H2,1-2H3. The van der Waals surface area contributed by atoms with Crippen LogP contribution in [0.4, 0.5) is 5.95 Å². The van der Waals surface area contributed by atoms with Crippen molar-refractivity contribution in [2.24, 2.45) is 0 Å². The second-order valence-corrected chi connectivity index (χ2v) is 9.33. The third-order valence-corrected chi connectivity index (χ3v) is 7.40. The summed E-state index contributed by atoms with van der Waals surface area (Å²) in [5.41, 5.74) is 1.59. The number of aryl methyl sites for hydroxylation is 1. The molecule has 0 aliphatic carbocycles. The number of fused-ring (bicyclic) bond motifs is 3. The fraction of sp³-hybridized carbons (Fsp3) is 0.286. The maximum Gasteiger partial charge on any atom is 0.243 e. The Kier molecular flexibility index (Phi) is 4.75. The van der Waals surface area contributed by atoms with Crippen LogP contribution in [0.3, 0.4) is 0 Å². The van der Waals surface area contributed by atoms with Gasteiger partial charge in [0.25, 0.3) is 0 Å². The average molecular weight is 439 g/mol. The van der Waals surface area contributed by atoms with E-state index < -0.39 is 10.0 Å². The number of piperazine rings is 1. The first kappa shape index (κ1) is 19.7. The number of para-hydroxylation sites is 1. The number of aromatic nitrogens is 4. The van der Waals surface area contributed by atoms with Crippen molar-refractivity contribution >= 4 is 32.5 Å². The summed E-state index contributed by atoms with van der Waals surface area (Å²) < 4.78 is 34.5. The van der Waals surface area contributed by atoms with Crippen molar-refractivity contribution in [3.63, 3.8) is 0 Å². The highest BCUT2D eigenvalue weighted by atomic mass is 32.2. The van der Waals surface area contributed by atoms with Gasteiger partial charge in [-0.2, -0.15) is 8.82 Å². The average Bonchev–Trinajstić information content (AvgIpc) is 3.20. The molecule has 2 aromatic heterocycles. The number of rotatable bonds is 4. The monoisotopic (exact) mass is 438 g/mol. The van der Waals surface area contributed by atoms with Crippen LogP contribution in [0.2, 0.25) is 0 Å². The first-order valence-electron chi connectivity index (χ1n) is 9.98. The van der Waals surface area contributed by atoms with Crippen molar-refractivity contribution in [1.29, 1.82) is 0 Å². The molecule has 4 aromatic rings. The van der Waals surface area contributed by atoms with E-state index >= 15 is 0 Å². The molecule has 0 N–H and O–H groups in total. The zero-order valence-corrected chi connectivity index (χ0v) is 18.1. The predicted molar refractivity (Wildman–Crippen MR) is 117 cm³/mol. The zero-order valence-electron chi connectivity index (χ0n) is 17.3. The lowest BCUT2D eigenvalue weighted by molar-refractivity contribution is 0.381. The Morgan fingerprint density at radius 2 is 1.65 bits per heavy atom. The van der Waals surface area contributed by atoms with Crippen molar-refractivity contribution in [1.82, 2.24) is 23.9 Å². The lowest BCUT2D eigenvalue weighted by Gasteiger charge is -2.34. The molecule has 9 nitrogen and oxygen atoms in total. The summed E-state index contributed by atoms with van der Waals surface area (Å²) in [5.74, 6) is 1.97. The number of sulfonamides is 1. The second-order valence-electron chi connectivity index (χ2n) is 7.39. The van der Waals surface area contributed by atoms with Gasteiger partial charge in [0.05, 0.1) is 17.5 Å². The summed E-state index contributed by atoms with van der Waals surface area (Å²) in [6.45, 7) is 3.59. The van der Waals surface area contributed by atoms with Crippen LogP contribution < -0.4 is 9.64 Å². The topological polar surface area (TPSA) is 92.9 Å². The Labute approximate surface area is 179 Å². The minimum absolute atomic E-state index is 0.264. The molecule has 0 amide bonds. The SMILES string of the molecule is COc1ccc(S(=O)(=O)N2CCN(c3nc4ccccc4c4nc(C)nn34)CC2)cc1. The Balaban J connectivity index is 1.43. The first-order valence-corrected chi connectivity index (χ1v) is 11.4. The Hall–Kier alpha value is -3.24. The molecule has 1 aliphatic rings. The Bertz CT molecular complexity index is 1360. The lowest BCUT2D eigenvalue weighted by Crippen LogP contribution is -2.49. The van der Waals surface area contributed by atoms with Gasteiger partial charge < -0.3 is 9.64 Å². The maximum absolute atomic E-state index is 13.0. The number of nitrogens with zero attached hydrogens (tertiary/aromatic N) is 6. The second kappa shape index (κ2) is 7.47. The van der Waals surface area contributed by atoms with Crippen molar-refractivity contribution in [2.45, 2.75) is 11.8 Å². The Morgan fingerprint density at radius 1 is 0.935 bits per heavy atom. The van der Waals surface area contributed by atoms with Crippen LogP contribution in [0, 0.1) is 6.92 Å². The van der Waals surface area contributed by atoms with Crippen LogP contribution in [0.25, 0.3) is 16.6 Å². The van der Waals surface area contributed by atoms with Crippen molar-refractivity contribution < 1.29 is 13.2 Å². The van der Waals surface area contributed by atoms with Crippen LogP contribution in [-0.2, 0) is 10.0 Å². The van der Waals surface area contributed by atoms with Crippen LogP contribution in [0.1, 0.15) is 5.82 Å². The highest BCUT2D eigenvalue weighted by molar-refractivity contribution is 7.89. The number of anilines is 1. The smallest absolute Gasteiger partial charge is 0.243 e. The molecular formula is C21H22N6O3S. The van der Waals surface area contributed by atoms with Crippen LogP contribution in [0.15, 0.2) is 53.4 Å². The lowest BCUT2D eigenvalue weighted by atomic mass is 10.2. The molecule has 1 aliphatic heterocycles. The quantitative estimate of drug-likeness (QED) is 0.482. The molecular weight excluding hydrogens is 416 g/mol. The summed E-state index contributed by atoms with van der Waals surface area (Å²) in [6, 6.07) is 14.3.